The van der Waals surface area contributed by atoms with E-state index in [2.05, 4.69) is 9.99 Å². The molecule has 1 fully saturated rings. The van der Waals surface area contributed by atoms with E-state index in [-0.39, 0.29) is 5.92 Å². The predicted octanol–water partition coefficient (Wildman–Crippen LogP) is -0.116. The summed E-state index contributed by atoms with van der Waals surface area (Å²) >= 11 is 0. The summed E-state index contributed by atoms with van der Waals surface area (Å²) in [5, 5.41) is 3.53. The first kappa shape index (κ1) is 7.05. The number of nitrogens with two attached hydrogens (primary N) is 1. The van der Waals surface area contributed by atoms with Crippen molar-refractivity contribution in [3.63, 3.8) is 0 Å². The molecule has 4 nitrogen and oxygen atoms in total. The number of hydrogen-bond acceptors (Lipinski definition) is 3. The molecule has 0 heterocycles. The van der Waals surface area contributed by atoms with Gasteiger partial charge in [0.15, 0.2) is 0 Å². The molecule has 1 aliphatic rings. The second-order valence-electron chi connectivity index (χ2n) is 2.30. The van der Waals surface area contributed by atoms with E-state index in [9.17, 15) is 4.79 Å². The molecule has 1 saturated carbocycles. The molecule has 0 spiro atoms. The molecule has 0 aliphatic heterocycles. The highest BCUT2D eigenvalue weighted by atomic mass is 16.6. The van der Waals surface area contributed by atoms with E-state index in [1.165, 1.54) is 7.11 Å². The Bertz CT molecular complexity index is 173. The molecule has 2 N–H and O–H groups in total. The molecule has 56 valence electrons. The van der Waals surface area contributed by atoms with Crippen LogP contribution in [-0.2, 0) is 9.63 Å². The molecule has 0 atom stereocenters. The SMILES string of the molecule is CON=C(C(N)=O)C1CC1. The third kappa shape index (κ3) is 1.46. The van der Waals surface area contributed by atoms with Gasteiger partial charge in [-0.2, -0.15) is 0 Å². The lowest BCUT2D eigenvalue weighted by molar-refractivity contribution is -0.112. The highest BCUT2D eigenvalue weighted by Crippen LogP contribution is 2.30. The Hall–Kier alpha value is -1.06. The smallest absolute Gasteiger partial charge is 0.266 e. The van der Waals surface area contributed by atoms with Gasteiger partial charge in [-0.05, 0) is 12.8 Å². The summed E-state index contributed by atoms with van der Waals surface area (Å²) in [5.74, 6) is -0.207. The fourth-order valence-electron chi connectivity index (χ4n) is 0.776. The molecule has 0 saturated heterocycles. The van der Waals surface area contributed by atoms with Crippen molar-refractivity contribution in [2.45, 2.75) is 12.8 Å². The molecule has 0 aromatic carbocycles. The fourth-order valence-corrected chi connectivity index (χ4v) is 0.776. The van der Waals surface area contributed by atoms with Crippen LogP contribution in [0.4, 0.5) is 0 Å². The van der Waals surface area contributed by atoms with E-state index in [1.54, 1.807) is 0 Å². The zero-order valence-electron chi connectivity index (χ0n) is 5.83. The van der Waals surface area contributed by atoms with Gasteiger partial charge in [0.05, 0.1) is 0 Å². The predicted molar refractivity (Wildman–Crippen MR) is 36.4 cm³/mol. The van der Waals surface area contributed by atoms with Crippen LogP contribution in [0.15, 0.2) is 5.16 Å². The van der Waals surface area contributed by atoms with Crippen molar-refractivity contribution in [1.82, 2.24) is 0 Å². The minimum Gasteiger partial charge on any atom is -0.399 e. The summed E-state index contributed by atoms with van der Waals surface area (Å²) in [5.41, 5.74) is 5.39. The van der Waals surface area contributed by atoms with Crippen LogP contribution in [0.1, 0.15) is 12.8 Å². The molecule has 1 rings (SSSR count). The highest BCUT2D eigenvalue weighted by Gasteiger charge is 2.31. The molecule has 1 aliphatic carbocycles. The van der Waals surface area contributed by atoms with Crippen LogP contribution in [0.25, 0.3) is 0 Å². The normalized spacial score (nSPS) is 18.7. The van der Waals surface area contributed by atoms with Gasteiger partial charge in [-0.25, -0.2) is 0 Å². The second kappa shape index (κ2) is 2.68. The Balaban J connectivity index is 2.58. The number of amides is 1. The quantitative estimate of drug-likeness (QED) is 0.441. The van der Waals surface area contributed by atoms with E-state index >= 15 is 0 Å². The molecular weight excluding hydrogens is 132 g/mol. The van der Waals surface area contributed by atoms with Gasteiger partial charge >= 0.3 is 0 Å². The maximum atomic E-state index is 10.6. The number of nitrogens with zero attached hydrogens (tertiary/aromatic N) is 1. The summed E-state index contributed by atoms with van der Waals surface area (Å²) in [4.78, 5) is 15.0. The summed E-state index contributed by atoms with van der Waals surface area (Å²) in [6.07, 6.45) is 2.01. The first-order valence-corrected chi connectivity index (χ1v) is 3.16. The van der Waals surface area contributed by atoms with Crippen molar-refractivity contribution in [3.8, 4) is 0 Å². The molecule has 0 aromatic heterocycles. The minimum atomic E-state index is -0.468. The van der Waals surface area contributed by atoms with Crippen molar-refractivity contribution in [2.75, 3.05) is 7.11 Å². The van der Waals surface area contributed by atoms with Crippen molar-refractivity contribution in [2.24, 2.45) is 16.8 Å². The van der Waals surface area contributed by atoms with Crippen LogP contribution in [0, 0.1) is 5.92 Å². The summed E-state index contributed by atoms with van der Waals surface area (Å²) in [6.45, 7) is 0. The molecule has 10 heavy (non-hydrogen) atoms. The van der Waals surface area contributed by atoms with Crippen molar-refractivity contribution in [3.05, 3.63) is 0 Å². The Kier molecular flexibility index (Phi) is 1.89. The fraction of sp³-hybridized carbons (Fsp3) is 0.667. The lowest BCUT2D eigenvalue weighted by Crippen LogP contribution is -2.25. The molecule has 4 heteroatoms. The van der Waals surface area contributed by atoms with E-state index in [4.69, 9.17) is 5.73 Å². The Morgan fingerprint density at radius 1 is 1.70 bits per heavy atom. The van der Waals surface area contributed by atoms with Crippen molar-refractivity contribution in [1.29, 1.82) is 0 Å². The standard InChI is InChI=1S/C6H10N2O2/c1-10-8-5(6(7)9)4-2-3-4/h4H,2-3H2,1H3,(H2,7,9). The average Bonchev–Trinajstić information content (AvgIpc) is 2.63. The van der Waals surface area contributed by atoms with Gasteiger partial charge in [-0.1, -0.05) is 5.16 Å². The van der Waals surface area contributed by atoms with Crippen LogP contribution in [0.5, 0.6) is 0 Å². The topological polar surface area (TPSA) is 64.7 Å². The maximum Gasteiger partial charge on any atom is 0.266 e. The molecule has 0 bridgehead atoms. The van der Waals surface area contributed by atoms with Crippen LogP contribution >= 0.6 is 0 Å². The number of carbonyl (C=O) groups is 1. The number of hydrogen-bond donors (Lipinski definition) is 1. The second-order valence-corrected chi connectivity index (χ2v) is 2.30. The van der Waals surface area contributed by atoms with Crippen LogP contribution in [0.2, 0.25) is 0 Å². The Labute approximate surface area is 59.0 Å². The summed E-state index contributed by atoms with van der Waals surface area (Å²) in [7, 11) is 1.41. The molecule has 0 radical (unpaired) electrons. The molecule has 1 amide bonds. The lowest BCUT2D eigenvalue weighted by atomic mass is 10.2. The number of rotatable bonds is 3. The van der Waals surface area contributed by atoms with E-state index in [0.717, 1.165) is 12.8 Å². The highest BCUT2D eigenvalue weighted by molar-refractivity contribution is 6.39. The zero-order chi connectivity index (χ0) is 7.56. The Morgan fingerprint density at radius 3 is 2.60 bits per heavy atom. The summed E-state index contributed by atoms with van der Waals surface area (Å²) < 4.78 is 0. The third-order valence-electron chi connectivity index (χ3n) is 1.41. The zero-order valence-corrected chi connectivity index (χ0v) is 5.83. The van der Waals surface area contributed by atoms with Gasteiger partial charge in [0.1, 0.15) is 12.8 Å². The van der Waals surface area contributed by atoms with Crippen molar-refractivity contribution < 1.29 is 9.63 Å². The summed E-state index contributed by atoms with van der Waals surface area (Å²) in [6, 6.07) is 0. The largest absolute Gasteiger partial charge is 0.399 e. The van der Waals surface area contributed by atoms with Gasteiger partial charge in [0, 0.05) is 5.92 Å². The number of primary amides is 1. The monoisotopic (exact) mass is 142 g/mol. The molecule has 0 aromatic rings. The van der Waals surface area contributed by atoms with Crippen LogP contribution < -0.4 is 5.73 Å². The van der Waals surface area contributed by atoms with Crippen LogP contribution in [-0.4, -0.2) is 18.7 Å². The van der Waals surface area contributed by atoms with Gasteiger partial charge in [0.25, 0.3) is 5.91 Å². The maximum absolute atomic E-state index is 10.6. The first-order valence-electron chi connectivity index (χ1n) is 3.16. The van der Waals surface area contributed by atoms with Gasteiger partial charge in [-0.15, -0.1) is 0 Å². The number of carbonyl (C=O) groups excluding carboxylic acids is 1. The number of oxime groups is 1. The van der Waals surface area contributed by atoms with Gasteiger partial charge in [-0.3, -0.25) is 4.79 Å². The van der Waals surface area contributed by atoms with Crippen molar-refractivity contribution >= 4 is 11.6 Å². The minimum absolute atomic E-state index is 0.262. The van der Waals surface area contributed by atoms with E-state index in [1.807, 2.05) is 0 Å². The van der Waals surface area contributed by atoms with E-state index in [0.29, 0.717) is 5.71 Å². The van der Waals surface area contributed by atoms with E-state index < -0.39 is 5.91 Å². The average molecular weight is 142 g/mol. The molecule has 0 unspecified atom stereocenters. The lowest BCUT2D eigenvalue weighted by Gasteiger charge is -1.95. The Morgan fingerprint density at radius 2 is 2.30 bits per heavy atom. The third-order valence-corrected chi connectivity index (χ3v) is 1.41. The molecular formula is C6H10N2O2. The first-order chi connectivity index (χ1) is 4.75. The van der Waals surface area contributed by atoms with Crippen LogP contribution in [0.3, 0.4) is 0 Å². The van der Waals surface area contributed by atoms with Gasteiger partial charge < -0.3 is 10.6 Å². The van der Waals surface area contributed by atoms with Gasteiger partial charge in [0.2, 0.25) is 0 Å².